The average molecular weight is 1130 g/mol. The highest BCUT2D eigenvalue weighted by Crippen LogP contribution is 2.97. The number of hydroxylamine groups is 4. The lowest BCUT2D eigenvalue weighted by Gasteiger charge is -2.49. The average Bonchev–Trinajstić information content (AvgIpc) is 1.36. The van der Waals surface area contributed by atoms with Gasteiger partial charge < -0.3 is 9.47 Å². The molecule has 2 radical (unpaired) electrons. The van der Waals surface area contributed by atoms with E-state index in [1.807, 2.05) is 55.4 Å². The Kier molecular flexibility index (Phi) is 4.00. The summed E-state index contributed by atoms with van der Waals surface area (Å²) in [7, 11) is 0. The third-order valence-corrected chi connectivity index (χ3v) is 30.6. The minimum atomic E-state index is -1.95. The number of carbonyl (C=O) groups is 2. The lowest BCUT2D eigenvalue weighted by molar-refractivity contribution is -0.300. The molecule has 8 heteroatoms. The van der Waals surface area contributed by atoms with Crippen LogP contribution in [0.2, 0.25) is 0 Å². The largest absolute Gasteiger partial charge is 0.461 e. The van der Waals surface area contributed by atoms with Crippen molar-refractivity contribution in [1.82, 2.24) is 10.1 Å². The van der Waals surface area contributed by atoms with Crippen molar-refractivity contribution in [3.8, 4) is 0 Å². The van der Waals surface area contributed by atoms with Crippen LogP contribution in [0.3, 0.4) is 0 Å². The number of hydrogen-bond acceptors (Lipinski definition) is 6. The van der Waals surface area contributed by atoms with Crippen LogP contribution in [0.4, 0.5) is 0 Å². The fourth-order valence-corrected chi connectivity index (χ4v) is 30.2. The Bertz CT molecular complexity index is 7430. The summed E-state index contributed by atoms with van der Waals surface area (Å²) < 4.78 is 15.2. The Morgan fingerprint density at radius 2 is 0.371 bits per heavy atom. The number of esters is 2. The first-order chi connectivity index (χ1) is 43.0. The maximum atomic E-state index is 18.3. The molecule has 0 N–H and O–H groups in total. The Morgan fingerprint density at radius 3 is 0.506 bits per heavy atom. The Labute approximate surface area is 493 Å². The van der Waals surface area contributed by atoms with E-state index in [0.29, 0.717) is 25.7 Å². The smallest absolute Gasteiger partial charge is 0.326 e. The van der Waals surface area contributed by atoms with Crippen LogP contribution in [-0.4, -0.2) is 56.4 Å². The quantitative estimate of drug-likeness (QED) is 0.0989. The van der Waals surface area contributed by atoms with Crippen LogP contribution in [0, 0.1) is 5.41 Å². The van der Waals surface area contributed by atoms with Crippen molar-refractivity contribution in [1.29, 1.82) is 0 Å². The molecule has 89 heavy (non-hydrogen) atoms. The van der Waals surface area contributed by atoms with Gasteiger partial charge in [-0.25, -0.2) is 0 Å². The second-order valence-corrected chi connectivity index (χ2v) is 34.7. The first kappa shape index (κ1) is 39.3. The lowest BCUT2D eigenvalue weighted by atomic mass is 9.68. The third-order valence-electron chi connectivity index (χ3n) is 30.6. The minimum Gasteiger partial charge on any atom is -0.461 e. The molecule has 5 aliphatic carbocycles. The number of nitrogens with zero attached hydrogens (tertiary/aromatic N) is 2. The Balaban J connectivity index is 0.914. The van der Waals surface area contributed by atoms with Crippen molar-refractivity contribution in [3.63, 3.8) is 0 Å². The van der Waals surface area contributed by atoms with Crippen molar-refractivity contribution in [2.24, 2.45) is 5.41 Å². The van der Waals surface area contributed by atoms with E-state index in [4.69, 9.17) is 9.47 Å². The van der Waals surface area contributed by atoms with Gasteiger partial charge in [0.05, 0.1) is 10.8 Å². The van der Waals surface area contributed by atoms with Gasteiger partial charge in [0.15, 0.2) is 5.41 Å². The zero-order valence-corrected chi connectivity index (χ0v) is 48.8. The number of ether oxygens (including phenoxy) is 2. The molecule has 0 amide bonds. The van der Waals surface area contributed by atoms with Crippen LogP contribution in [0.1, 0.15) is 103 Å². The molecule has 7 aliphatic rings. The van der Waals surface area contributed by atoms with Crippen LogP contribution in [0.15, 0.2) is 0 Å². The van der Waals surface area contributed by atoms with Crippen LogP contribution in [0.25, 0.3) is 291 Å². The van der Waals surface area contributed by atoms with Gasteiger partial charge in [-0.05, 0) is 368 Å². The Hall–Kier alpha value is -8.76. The standard InChI is InChI=1S/C81H34N2O6/c1-75(2)9-13(10-76(3,4)82(75)86)88-73(84)81(74(85)89-14-11-77(5,6)83(87)78(7,8)12-14)79-69-61-53-43-33-25-17-15-16-19-23-21(17)29-37-31(23)41-35-27(19)28-20(16)24-22-18(15)26(25)34-40-30(22)38-32(24)42-36(28)46-45(35)55-49(41)59-51(37)57(47(53)39(29)33)65(69)67(59)71-63(55)64-56(46)50(42)60-52(38)58-48(40)54(44(34)43)62(61)70(79)66(58)68(60)72(64)80(71,79)81/h13-14H,9-12H2,1-8H3. The molecule has 35 rings (SSSR count). The molecule has 28 aromatic rings. The van der Waals surface area contributed by atoms with Crippen molar-refractivity contribution in [3.05, 3.63) is 22.3 Å². The summed E-state index contributed by atoms with van der Waals surface area (Å²) in [6.45, 7) is 15.9. The molecule has 3 fully saturated rings. The molecule has 28 aromatic carbocycles. The summed E-state index contributed by atoms with van der Waals surface area (Å²) in [4.78, 5) is 36.6. The van der Waals surface area contributed by atoms with Gasteiger partial charge >= 0.3 is 11.9 Å². The van der Waals surface area contributed by atoms with Crippen molar-refractivity contribution in [2.75, 3.05) is 0 Å². The van der Waals surface area contributed by atoms with Crippen LogP contribution in [-0.2, 0) is 40.3 Å². The lowest BCUT2D eigenvalue weighted by Crippen LogP contribution is -2.61. The molecule has 2 spiro atoms. The minimum absolute atomic E-state index is 0.331. The van der Waals surface area contributed by atoms with E-state index in [2.05, 4.69) is 0 Å². The molecular formula is C81H34N2O6. The van der Waals surface area contributed by atoms with Gasteiger partial charge in [0.25, 0.3) is 0 Å². The molecule has 404 valence electrons. The number of piperidine rings is 2. The van der Waals surface area contributed by atoms with Crippen LogP contribution in [0.5, 0.6) is 0 Å². The zero-order valence-electron chi connectivity index (χ0n) is 48.8. The van der Waals surface area contributed by atoms with E-state index in [1.165, 1.54) is 312 Å². The summed E-state index contributed by atoms with van der Waals surface area (Å²) in [6, 6.07) is 0. The van der Waals surface area contributed by atoms with E-state index in [-0.39, 0.29) is 0 Å². The predicted molar refractivity (Wildman–Crippen MR) is 356 cm³/mol. The first-order valence-electron chi connectivity index (χ1n) is 33.1. The normalized spacial score (nSPS) is 23.8. The topological polar surface area (TPSA) is 98.9 Å². The summed E-state index contributed by atoms with van der Waals surface area (Å²) in [5, 5.41) is 109. The molecule has 0 atom stereocenters. The van der Waals surface area contributed by atoms with Crippen molar-refractivity contribution < 1.29 is 29.5 Å². The highest BCUT2D eigenvalue weighted by atomic mass is 16.6. The van der Waals surface area contributed by atoms with Crippen molar-refractivity contribution in [2.45, 2.75) is 126 Å². The fourth-order valence-electron chi connectivity index (χ4n) is 30.2. The van der Waals surface area contributed by atoms with Gasteiger partial charge in [0.2, 0.25) is 0 Å². The molecular weight excluding hydrogens is 1100 g/mol. The fraction of sp³-hybridized carbons (Fsp3) is 0.259. The molecule has 0 unspecified atom stereocenters. The van der Waals surface area contributed by atoms with E-state index in [1.54, 1.807) is 10.8 Å². The van der Waals surface area contributed by atoms with Gasteiger partial charge in [-0.15, -0.1) is 20.5 Å². The molecule has 0 bridgehead atoms. The van der Waals surface area contributed by atoms with E-state index in [9.17, 15) is 10.4 Å². The highest BCUT2D eigenvalue weighted by Gasteiger charge is 3.02. The van der Waals surface area contributed by atoms with Gasteiger partial charge in [-0.1, -0.05) is 0 Å². The molecule has 1 saturated carbocycles. The van der Waals surface area contributed by atoms with Gasteiger partial charge in [-0.2, -0.15) is 0 Å². The van der Waals surface area contributed by atoms with Gasteiger partial charge in [-0.3, -0.25) is 9.59 Å². The van der Waals surface area contributed by atoms with E-state index >= 15 is 9.59 Å². The second kappa shape index (κ2) is 9.07. The van der Waals surface area contributed by atoms with E-state index < -0.39 is 62.5 Å². The van der Waals surface area contributed by atoms with Crippen LogP contribution >= 0.6 is 0 Å². The molecule has 8 nitrogen and oxygen atoms in total. The molecule has 2 saturated heterocycles. The molecule has 2 aliphatic heterocycles. The molecule has 0 aromatic heterocycles. The van der Waals surface area contributed by atoms with Gasteiger partial charge in [0.1, 0.15) is 12.2 Å². The molecule has 2 heterocycles. The Morgan fingerprint density at radius 1 is 0.247 bits per heavy atom. The number of hydrogen-bond donors (Lipinski definition) is 0. The third kappa shape index (κ3) is 2.40. The zero-order chi connectivity index (χ0) is 56.7. The second-order valence-electron chi connectivity index (χ2n) is 34.7. The first-order valence-corrected chi connectivity index (χ1v) is 33.1. The number of rotatable bonds is 4. The monoisotopic (exact) mass is 1130 g/mol. The number of carbonyl (C=O) groups excluding carboxylic acids is 2. The van der Waals surface area contributed by atoms with Crippen LogP contribution < -0.4 is 0 Å². The summed E-state index contributed by atoms with van der Waals surface area (Å²) in [5.41, 5.74) is -3.10. The predicted octanol–water partition coefficient (Wildman–Crippen LogP) is 19.1. The van der Waals surface area contributed by atoms with E-state index in [0.717, 1.165) is 0 Å². The SMILES string of the molecule is CC1(C)CC(OC(=O)C2(C(=O)OC3CC(C)(C)N([O])C(C)(C)C3)C34c5c6c7c8c9c%10c(c%11c%12c3c3c5c5c%13c6c6c7c7c9c9c%14c%10c%10c%11c%11c%12c%12c3c3c5c5c%13c%13c6c6c7c9c7c9c%14c%10c%10c%11c%11c%12c3c3c5c5c%13c6c7c6c9c%10c%11c3c56)C824)CC(C)(C)N1[O]. The summed E-state index contributed by atoms with van der Waals surface area (Å²) in [5.74, 6) is -0.985. The summed E-state index contributed by atoms with van der Waals surface area (Å²) in [6.07, 6.45) is 0.0183. The number of benzene rings is 18. The maximum Gasteiger partial charge on any atom is 0.326 e. The maximum absolute atomic E-state index is 18.3. The highest BCUT2D eigenvalue weighted by molar-refractivity contribution is 6.82. The van der Waals surface area contributed by atoms with Gasteiger partial charge in [0, 0.05) is 47.8 Å². The summed E-state index contributed by atoms with van der Waals surface area (Å²) >= 11 is 0. The van der Waals surface area contributed by atoms with Crippen molar-refractivity contribution >= 4 is 303 Å².